The molecule has 1 aliphatic carbocycles. The molecule has 9 heteroatoms. The summed E-state index contributed by atoms with van der Waals surface area (Å²) in [5, 5.41) is 13.6. The number of benzene rings is 2. The van der Waals surface area contributed by atoms with Crippen LogP contribution in [-0.4, -0.2) is 36.6 Å². The van der Waals surface area contributed by atoms with E-state index >= 15 is 0 Å². The number of sulfonamides is 1. The first-order valence-corrected chi connectivity index (χ1v) is 11.5. The largest absolute Gasteiger partial charge is 0.326 e. The van der Waals surface area contributed by atoms with Gasteiger partial charge in [-0.15, -0.1) is 0 Å². The third-order valence-electron chi connectivity index (χ3n) is 5.86. The zero-order valence-electron chi connectivity index (χ0n) is 16.4. The van der Waals surface area contributed by atoms with Crippen molar-refractivity contribution in [2.24, 2.45) is 5.92 Å². The number of anilines is 1. The van der Waals surface area contributed by atoms with E-state index in [-0.39, 0.29) is 30.6 Å². The molecule has 0 unspecified atom stereocenters. The van der Waals surface area contributed by atoms with Gasteiger partial charge in [0.25, 0.3) is 5.69 Å². The molecule has 8 nitrogen and oxygen atoms in total. The number of hydrogen-bond acceptors (Lipinski definition) is 5. The van der Waals surface area contributed by atoms with Gasteiger partial charge in [-0.2, -0.15) is 4.31 Å². The predicted molar refractivity (Wildman–Crippen MR) is 112 cm³/mol. The van der Waals surface area contributed by atoms with Crippen LogP contribution in [0, 0.1) is 16.0 Å². The molecule has 1 heterocycles. The number of aryl methyl sites for hydroxylation is 2. The minimum absolute atomic E-state index is 0.0944. The molecule has 1 aliphatic heterocycles. The predicted octanol–water partition coefficient (Wildman–Crippen LogP) is 3.12. The number of carbonyl (C=O) groups is 1. The minimum Gasteiger partial charge on any atom is -0.326 e. The molecule has 2 aliphatic rings. The fourth-order valence-electron chi connectivity index (χ4n) is 4.16. The average molecular weight is 429 g/mol. The van der Waals surface area contributed by atoms with Crippen molar-refractivity contribution in [1.29, 1.82) is 0 Å². The van der Waals surface area contributed by atoms with Crippen molar-refractivity contribution in [3.05, 3.63) is 63.7 Å². The van der Waals surface area contributed by atoms with Gasteiger partial charge in [0.1, 0.15) is 0 Å². The molecule has 1 fully saturated rings. The van der Waals surface area contributed by atoms with Crippen molar-refractivity contribution in [2.75, 3.05) is 18.4 Å². The Kier molecular flexibility index (Phi) is 5.57. The number of piperidine rings is 1. The highest BCUT2D eigenvalue weighted by Gasteiger charge is 2.32. The van der Waals surface area contributed by atoms with Crippen LogP contribution in [0.15, 0.2) is 47.4 Å². The zero-order valence-corrected chi connectivity index (χ0v) is 17.2. The number of nitro benzene ring substituents is 1. The molecule has 2 aromatic carbocycles. The molecule has 0 radical (unpaired) electrons. The molecular formula is C21H23N3O5S. The third-order valence-corrected chi connectivity index (χ3v) is 7.75. The third kappa shape index (κ3) is 4.08. The maximum absolute atomic E-state index is 13.0. The van der Waals surface area contributed by atoms with Crippen molar-refractivity contribution in [3.63, 3.8) is 0 Å². The Bertz CT molecular complexity index is 1090. The monoisotopic (exact) mass is 429 g/mol. The number of nitrogens with zero attached hydrogens (tertiary/aromatic N) is 2. The molecule has 2 aromatic rings. The summed E-state index contributed by atoms with van der Waals surface area (Å²) in [4.78, 5) is 23.2. The highest BCUT2D eigenvalue weighted by Crippen LogP contribution is 2.29. The first-order valence-electron chi connectivity index (χ1n) is 10.0. The van der Waals surface area contributed by atoms with Crippen molar-refractivity contribution in [2.45, 2.75) is 37.0 Å². The summed E-state index contributed by atoms with van der Waals surface area (Å²) >= 11 is 0. The summed E-state index contributed by atoms with van der Waals surface area (Å²) in [6.45, 7) is 0.541. The van der Waals surface area contributed by atoms with Crippen molar-refractivity contribution in [3.8, 4) is 0 Å². The van der Waals surface area contributed by atoms with E-state index in [9.17, 15) is 23.3 Å². The van der Waals surface area contributed by atoms with Gasteiger partial charge in [-0.25, -0.2) is 8.42 Å². The fraction of sp³-hybridized carbons (Fsp3) is 0.381. The van der Waals surface area contributed by atoms with Gasteiger partial charge >= 0.3 is 0 Å². The lowest BCUT2D eigenvalue weighted by Crippen LogP contribution is -2.41. The van der Waals surface area contributed by atoms with Gasteiger partial charge < -0.3 is 5.32 Å². The zero-order chi connectivity index (χ0) is 21.3. The van der Waals surface area contributed by atoms with E-state index < -0.39 is 14.9 Å². The highest BCUT2D eigenvalue weighted by molar-refractivity contribution is 7.89. The van der Waals surface area contributed by atoms with Crippen LogP contribution in [0.4, 0.5) is 11.4 Å². The Morgan fingerprint density at radius 3 is 2.53 bits per heavy atom. The Balaban J connectivity index is 1.39. The van der Waals surface area contributed by atoms with Crippen LogP contribution in [0.1, 0.15) is 30.4 Å². The average Bonchev–Trinajstić information content (AvgIpc) is 3.22. The topological polar surface area (TPSA) is 110 Å². The van der Waals surface area contributed by atoms with E-state index in [1.54, 1.807) is 18.2 Å². The second-order valence-corrected chi connectivity index (χ2v) is 9.70. The van der Waals surface area contributed by atoms with Gasteiger partial charge in [0.05, 0.1) is 9.82 Å². The molecule has 0 bridgehead atoms. The standard InChI is InChI=1S/C21H23N3O5S/c25-21(22-18-5-2-6-19(14-18)24(26)27)16-9-11-23(12-10-16)30(28,29)20-8-7-15-3-1-4-17(15)13-20/h2,5-8,13-14,16H,1,3-4,9-12H2,(H,22,25). The van der Waals surface area contributed by atoms with Gasteiger partial charge in [0.15, 0.2) is 0 Å². The fourth-order valence-corrected chi connectivity index (χ4v) is 5.68. The second-order valence-electron chi connectivity index (χ2n) is 7.76. The first-order chi connectivity index (χ1) is 14.3. The van der Waals surface area contributed by atoms with Crippen molar-refractivity contribution < 1.29 is 18.1 Å². The molecular weight excluding hydrogens is 406 g/mol. The van der Waals surface area contributed by atoms with Crippen LogP contribution >= 0.6 is 0 Å². The second kappa shape index (κ2) is 8.16. The summed E-state index contributed by atoms with van der Waals surface area (Å²) in [5.74, 6) is -0.583. The first kappa shape index (κ1) is 20.5. The SMILES string of the molecule is O=C(Nc1cccc([N+](=O)[O-])c1)C1CCN(S(=O)(=O)c2ccc3c(c2)CCC3)CC1. The van der Waals surface area contributed by atoms with E-state index in [1.807, 2.05) is 6.07 Å². The Hall–Kier alpha value is -2.78. The van der Waals surface area contributed by atoms with Crippen molar-refractivity contribution in [1.82, 2.24) is 4.31 Å². The molecule has 1 amide bonds. The maximum atomic E-state index is 13.0. The van der Waals surface area contributed by atoms with E-state index in [1.165, 1.54) is 28.1 Å². The van der Waals surface area contributed by atoms with E-state index in [4.69, 9.17) is 0 Å². The number of amides is 1. The molecule has 30 heavy (non-hydrogen) atoms. The van der Waals surface area contributed by atoms with Crippen LogP contribution in [-0.2, 0) is 27.7 Å². The molecule has 4 rings (SSSR count). The van der Waals surface area contributed by atoms with E-state index in [2.05, 4.69) is 5.32 Å². The number of non-ortho nitro benzene ring substituents is 1. The van der Waals surface area contributed by atoms with Gasteiger partial charge in [-0.3, -0.25) is 14.9 Å². The molecule has 158 valence electrons. The molecule has 0 aromatic heterocycles. The van der Waals surface area contributed by atoms with Crippen LogP contribution < -0.4 is 5.32 Å². The van der Waals surface area contributed by atoms with Crippen LogP contribution in [0.3, 0.4) is 0 Å². The number of carbonyl (C=O) groups excluding carboxylic acids is 1. The normalized spacial score (nSPS) is 17.5. The molecule has 1 saturated heterocycles. The van der Waals surface area contributed by atoms with Crippen molar-refractivity contribution >= 4 is 27.3 Å². The molecule has 0 spiro atoms. The lowest BCUT2D eigenvalue weighted by molar-refractivity contribution is -0.384. The summed E-state index contributed by atoms with van der Waals surface area (Å²) in [6, 6.07) is 11.2. The highest BCUT2D eigenvalue weighted by atomic mass is 32.2. The van der Waals surface area contributed by atoms with Crippen LogP contribution in [0.5, 0.6) is 0 Å². The van der Waals surface area contributed by atoms with Gasteiger partial charge in [0.2, 0.25) is 15.9 Å². The molecule has 0 saturated carbocycles. The summed E-state index contributed by atoms with van der Waals surface area (Å²) in [7, 11) is -3.58. The Labute approximate surface area is 175 Å². The lowest BCUT2D eigenvalue weighted by atomic mass is 9.97. The summed E-state index contributed by atoms with van der Waals surface area (Å²) < 4.78 is 27.5. The number of nitro groups is 1. The Morgan fingerprint density at radius 1 is 1.07 bits per heavy atom. The van der Waals surface area contributed by atoms with Gasteiger partial charge in [-0.05, 0) is 61.4 Å². The quantitative estimate of drug-likeness (QED) is 0.580. The smallest absolute Gasteiger partial charge is 0.271 e. The Morgan fingerprint density at radius 2 is 1.80 bits per heavy atom. The summed E-state index contributed by atoms with van der Waals surface area (Å²) in [5.41, 5.74) is 2.61. The number of rotatable bonds is 5. The number of nitrogens with one attached hydrogen (secondary N) is 1. The van der Waals surface area contributed by atoms with E-state index in [0.717, 1.165) is 24.8 Å². The van der Waals surface area contributed by atoms with Gasteiger partial charge in [-0.1, -0.05) is 12.1 Å². The number of fused-ring (bicyclic) bond motifs is 1. The van der Waals surface area contributed by atoms with Crippen LogP contribution in [0.25, 0.3) is 0 Å². The van der Waals surface area contributed by atoms with Gasteiger partial charge in [0, 0.05) is 36.8 Å². The van der Waals surface area contributed by atoms with E-state index in [0.29, 0.717) is 23.4 Å². The number of hydrogen-bond donors (Lipinski definition) is 1. The molecule has 0 atom stereocenters. The van der Waals surface area contributed by atoms with Crippen LogP contribution in [0.2, 0.25) is 0 Å². The minimum atomic E-state index is -3.58. The maximum Gasteiger partial charge on any atom is 0.271 e. The summed E-state index contributed by atoms with van der Waals surface area (Å²) in [6.07, 6.45) is 3.79. The lowest BCUT2D eigenvalue weighted by Gasteiger charge is -2.30. The molecule has 1 N–H and O–H groups in total.